The number of anilines is 1. The van der Waals surface area contributed by atoms with Gasteiger partial charge in [0.15, 0.2) is 0 Å². The molecule has 3 rings (SSSR count). The summed E-state index contributed by atoms with van der Waals surface area (Å²) < 4.78 is 0. The number of aryl methyl sites for hydroxylation is 1. The van der Waals surface area contributed by atoms with E-state index in [9.17, 15) is 4.79 Å². The van der Waals surface area contributed by atoms with Gasteiger partial charge >= 0.3 is 0 Å². The van der Waals surface area contributed by atoms with E-state index < -0.39 is 0 Å². The molecule has 0 atom stereocenters. The predicted molar refractivity (Wildman–Crippen MR) is 86.9 cm³/mol. The molecule has 0 bridgehead atoms. The molecular weight excluding hydrogens is 276 g/mol. The van der Waals surface area contributed by atoms with E-state index in [0.29, 0.717) is 17.6 Å². The molecule has 2 heterocycles. The SMILES string of the molecule is Cc1nc(NC2CCCC2)cc(C(=O)N2CCC(C)CC2)n1. The van der Waals surface area contributed by atoms with Crippen LogP contribution in [0.1, 0.15) is 61.8 Å². The van der Waals surface area contributed by atoms with Gasteiger partial charge < -0.3 is 10.2 Å². The summed E-state index contributed by atoms with van der Waals surface area (Å²) in [5.74, 6) is 2.23. The van der Waals surface area contributed by atoms with Crippen LogP contribution in [0.3, 0.4) is 0 Å². The van der Waals surface area contributed by atoms with Gasteiger partial charge in [-0.2, -0.15) is 0 Å². The summed E-state index contributed by atoms with van der Waals surface area (Å²) in [4.78, 5) is 23.4. The van der Waals surface area contributed by atoms with E-state index in [-0.39, 0.29) is 5.91 Å². The third-order valence-electron chi connectivity index (χ3n) is 4.84. The Morgan fingerprint density at radius 2 is 1.86 bits per heavy atom. The van der Waals surface area contributed by atoms with Gasteiger partial charge in [-0.1, -0.05) is 19.8 Å². The van der Waals surface area contributed by atoms with Crippen molar-refractivity contribution in [3.05, 3.63) is 17.6 Å². The number of aromatic nitrogens is 2. The fourth-order valence-electron chi connectivity index (χ4n) is 3.40. The summed E-state index contributed by atoms with van der Waals surface area (Å²) in [7, 11) is 0. The van der Waals surface area contributed by atoms with Crippen LogP contribution in [-0.2, 0) is 0 Å². The first-order chi connectivity index (χ1) is 10.6. The molecule has 1 amide bonds. The summed E-state index contributed by atoms with van der Waals surface area (Å²) in [5, 5.41) is 3.47. The third-order valence-corrected chi connectivity index (χ3v) is 4.84. The summed E-state index contributed by atoms with van der Waals surface area (Å²) in [5.41, 5.74) is 0.530. The van der Waals surface area contributed by atoms with Crippen molar-refractivity contribution in [3.8, 4) is 0 Å². The Labute approximate surface area is 132 Å². The molecule has 1 aliphatic carbocycles. The fourth-order valence-corrected chi connectivity index (χ4v) is 3.40. The summed E-state index contributed by atoms with van der Waals surface area (Å²) in [6.45, 7) is 5.79. The quantitative estimate of drug-likeness (QED) is 0.932. The molecule has 2 fully saturated rings. The number of hydrogen-bond donors (Lipinski definition) is 1. The second-order valence-electron chi connectivity index (χ2n) is 6.79. The van der Waals surface area contributed by atoms with Crippen molar-refractivity contribution in [1.29, 1.82) is 0 Å². The number of nitrogens with zero attached hydrogens (tertiary/aromatic N) is 3. The van der Waals surface area contributed by atoms with E-state index >= 15 is 0 Å². The van der Waals surface area contributed by atoms with Gasteiger partial charge in [0, 0.05) is 25.2 Å². The van der Waals surface area contributed by atoms with Crippen LogP contribution < -0.4 is 5.32 Å². The molecule has 5 heteroatoms. The highest BCUT2D eigenvalue weighted by Crippen LogP contribution is 2.22. The van der Waals surface area contributed by atoms with E-state index in [0.717, 1.165) is 37.7 Å². The number of nitrogens with one attached hydrogen (secondary N) is 1. The molecule has 1 aromatic rings. The number of carbonyl (C=O) groups is 1. The summed E-state index contributed by atoms with van der Waals surface area (Å²) in [6, 6.07) is 2.32. The highest BCUT2D eigenvalue weighted by atomic mass is 16.2. The lowest BCUT2D eigenvalue weighted by atomic mass is 9.99. The zero-order chi connectivity index (χ0) is 15.5. The van der Waals surface area contributed by atoms with E-state index in [4.69, 9.17) is 0 Å². The Kier molecular flexibility index (Phi) is 4.60. The van der Waals surface area contributed by atoms with Crippen molar-refractivity contribution in [2.45, 2.75) is 58.4 Å². The summed E-state index contributed by atoms with van der Waals surface area (Å²) in [6.07, 6.45) is 7.11. The highest BCUT2D eigenvalue weighted by Gasteiger charge is 2.23. The molecule has 0 radical (unpaired) electrons. The molecule has 0 aromatic carbocycles. The van der Waals surface area contributed by atoms with Gasteiger partial charge in [0.2, 0.25) is 0 Å². The van der Waals surface area contributed by atoms with E-state index in [1.54, 1.807) is 0 Å². The average Bonchev–Trinajstić information content (AvgIpc) is 2.99. The largest absolute Gasteiger partial charge is 0.367 e. The lowest BCUT2D eigenvalue weighted by molar-refractivity contribution is 0.0691. The van der Waals surface area contributed by atoms with Crippen LogP contribution in [0.5, 0.6) is 0 Å². The van der Waals surface area contributed by atoms with Crippen LogP contribution >= 0.6 is 0 Å². The number of likely N-dealkylation sites (tertiary alicyclic amines) is 1. The third kappa shape index (κ3) is 3.57. The lowest BCUT2D eigenvalue weighted by Crippen LogP contribution is -2.38. The first-order valence-electron chi connectivity index (χ1n) is 8.53. The first kappa shape index (κ1) is 15.3. The zero-order valence-electron chi connectivity index (χ0n) is 13.6. The number of hydrogen-bond acceptors (Lipinski definition) is 4. The van der Waals surface area contributed by atoms with Gasteiger partial charge in [-0.3, -0.25) is 4.79 Å². The van der Waals surface area contributed by atoms with Crippen molar-refractivity contribution in [3.63, 3.8) is 0 Å². The second-order valence-corrected chi connectivity index (χ2v) is 6.79. The monoisotopic (exact) mass is 302 g/mol. The van der Waals surface area contributed by atoms with E-state index in [1.165, 1.54) is 25.7 Å². The minimum atomic E-state index is 0.0480. The Hall–Kier alpha value is -1.65. The normalized spacial score (nSPS) is 20.4. The van der Waals surface area contributed by atoms with Crippen molar-refractivity contribution in [2.24, 2.45) is 5.92 Å². The van der Waals surface area contributed by atoms with Gasteiger partial charge in [0.1, 0.15) is 17.3 Å². The molecule has 1 saturated heterocycles. The number of piperidine rings is 1. The molecule has 1 saturated carbocycles. The van der Waals surface area contributed by atoms with Crippen LogP contribution in [0.25, 0.3) is 0 Å². The molecule has 120 valence electrons. The van der Waals surface area contributed by atoms with Crippen molar-refractivity contribution in [2.75, 3.05) is 18.4 Å². The summed E-state index contributed by atoms with van der Waals surface area (Å²) >= 11 is 0. The van der Waals surface area contributed by atoms with Crippen molar-refractivity contribution >= 4 is 11.7 Å². The Morgan fingerprint density at radius 1 is 1.18 bits per heavy atom. The zero-order valence-corrected chi connectivity index (χ0v) is 13.6. The van der Waals surface area contributed by atoms with Gasteiger partial charge in [-0.05, 0) is 38.5 Å². The Bertz CT molecular complexity index is 531. The fraction of sp³-hybridized carbons (Fsp3) is 0.706. The second kappa shape index (κ2) is 6.63. The van der Waals surface area contributed by atoms with Crippen LogP contribution in [-0.4, -0.2) is 39.9 Å². The molecule has 22 heavy (non-hydrogen) atoms. The molecule has 2 aliphatic rings. The van der Waals surface area contributed by atoms with Crippen LogP contribution in [0.4, 0.5) is 5.82 Å². The van der Waals surface area contributed by atoms with Gasteiger partial charge in [-0.15, -0.1) is 0 Å². The topological polar surface area (TPSA) is 58.1 Å². The minimum absolute atomic E-state index is 0.0480. The average molecular weight is 302 g/mol. The Morgan fingerprint density at radius 3 is 2.55 bits per heavy atom. The highest BCUT2D eigenvalue weighted by molar-refractivity contribution is 5.93. The van der Waals surface area contributed by atoms with Crippen LogP contribution in [0.2, 0.25) is 0 Å². The van der Waals surface area contributed by atoms with Crippen molar-refractivity contribution < 1.29 is 4.79 Å². The molecular formula is C17H26N4O. The van der Waals surface area contributed by atoms with E-state index in [1.807, 2.05) is 17.9 Å². The molecule has 1 aliphatic heterocycles. The minimum Gasteiger partial charge on any atom is -0.367 e. The maximum atomic E-state index is 12.7. The number of rotatable bonds is 3. The Balaban J connectivity index is 1.72. The van der Waals surface area contributed by atoms with E-state index in [2.05, 4.69) is 22.2 Å². The predicted octanol–water partition coefficient (Wildman–Crippen LogP) is 3.01. The van der Waals surface area contributed by atoms with Crippen molar-refractivity contribution in [1.82, 2.24) is 14.9 Å². The molecule has 0 unspecified atom stereocenters. The standard InChI is InChI=1S/C17H26N4O/c1-12-7-9-21(10-8-12)17(22)15-11-16(19-13(2)18-15)20-14-5-3-4-6-14/h11-12,14H,3-10H2,1-2H3,(H,18,19,20). The lowest BCUT2D eigenvalue weighted by Gasteiger charge is -2.30. The number of carbonyl (C=O) groups excluding carboxylic acids is 1. The molecule has 5 nitrogen and oxygen atoms in total. The van der Waals surface area contributed by atoms with Gasteiger partial charge in [0.05, 0.1) is 0 Å². The molecule has 0 spiro atoms. The molecule has 1 aromatic heterocycles. The molecule has 1 N–H and O–H groups in total. The van der Waals surface area contributed by atoms with Crippen LogP contribution in [0, 0.1) is 12.8 Å². The smallest absolute Gasteiger partial charge is 0.272 e. The van der Waals surface area contributed by atoms with Gasteiger partial charge in [0.25, 0.3) is 5.91 Å². The maximum Gasteiger partial charge on any atom is 0.272 e. The number of amides is 1. The van der Waals surface area contributed by atoms with Gasteiger partial charge in [-0.25, -0.2) is 9.97 Å². The first-order valence-corrected chi connectivity index (χ1v) is 8.53. The van der Waals surface area contributed by atoms with Crippen LogP contribution in [0.15, 0.2) is 6.07 Å². The maximum absolute atomic E-state index is 12.7.